The molecule has 4 rings (SSSR count). The van der Waals surface area contributed by atoms with Crippen LogP contribution < -0.4 is 0 Å². The number of aliphatic hydroxyl groups is 2. The second-order valence-corrected chi connectivity index (χ2v) is 10.7. The Morgan fingerprint density at radius 2 is 1.76 bits per heavy atom. The molecule has 0 spiro atoms. The van der Waals surface area contributed by atoms with Crippen molar-refractivity contribution in [3.63, 3.8) is 0 Å². The van der Waals surface area contributed by atoms with Crippen LogP contribution in [0.15, 0.2) is 47.2 Å². The SMILES string of the molecule is CC(C)Cc1ccc([C@](O)(c2cncc(-c3noc(C(C)(C)O)n3)c2)C2(C)CN(C)C2)cc1. The van der Waals surface area contributed by atoms with E-state index in [1.165, 1.54) is 5.56 Å². The molecular formula is C26H34N4O3. The molecule has 33 heavy (non-hydrogen) atoms. The summed E-state index contributed by atoms with van der Waals surface area (Å²) >= 11 is 0. The summed E-state index contributed by atoms with van der Waals surface area (Å²) in [4.78, 5) is 11.0. The van der Waals surface area contributed by atoms with Gasteiger partial charge in [0.15, 0.2) is 0 Å². The van der Waals surface area contributed by atoms with E-state index in [2.05, 4.69) is 60.0 Å². The minimum atomic E-state index is -1.25. The van der Waals surface area contributed by atoms with E-state index in [1.807, 2.05) is 18.2 Å². The molecule has 2 aromatic heterocycles. The summed E-state index contributed by atoms with van der Waals surface area (Å²) in [6.07, 6.45) is 4.35. The van der Waals surface area contributed by atoms with Gasteiger partial charge in [-0.1, -0.05) is 50.2 Å². The molecule has 1 aromatic carbocycles. The number of hydrogen-bond acceptors (Lipinski definition) is 7. The van der Waals surface area contributed by atoms with E-state index in [0.717, 1.165) is 25.1 Å². The van der Waals surface area contributed by atoms with Gasteiger partial charge in [0.05, 0.1) is 0 Å². The third-order valence-electron chi connectivity index (χ3n) is 6.49. The average Bonchev–Trinajstić information content (AvgIpc) is 3.23. The molecule has 1 fully saturated rings. The lowest BCUT2D eigenvalue weighted by Gasteiger charge is -2.55. The largest absolute Gasteiger partial charge is 0.381 e. The van der Waals surface area contributed by atoms with Gasteiger partial charge in [0.1, 0.15) is 11.2 Å². The molecular weight excluding hydrogens is 416 g/mol. The third-order valence-corrected chi connectivity index (χ3v) is 6.49. The van der Waals surface area contributed by atoms with Crippen molar-refractivity contribution in [1.29, 1.82) is 0 Å². The van der Waals surface area contributed by atoms with Crippen LogP contribution in [0.5, 0.6) is 0 Å². The molecule has 3 aromatic rings. The van der Waals surface area contributed by atoms with Gasteiger partial charge in [-0.3, -0.25) is 4.98 Å². The Morgan fingerprint density at radius 1 is 1.09 bits per heavy atom. The van der Waals surface area contributed by atoms with Crippen molar-refractivity contribution in [3.05, 3.63) is 65.3 Å². The molecule has 7 heteroatoms. The molecule has 7 nitrogen and oxygen atoms in total. The van der Waals surface area contributed by atoms with Crippen molar-refractivity contribution in [2.24, 2.45) is 11.3 Å². The Kier molecular flexibility index (Phi) is 5.93. The van der Waals surface area contributed by atoms with Crippen LogP contribution in [-0.2, 0) is 17.6 Å². The van der Waals surface area contributed by atoms with Gasteiger partial charge in [0, 0.05) is 42.0 Å². The zero-order chi connectivity index (χ0) is 24.0. The molecule has 0 amide bonds. The van der Waals surface area contributed by atoms with Gasteiger partial charge in [-0.25, -0.2) is 0 Å². The molecule has 1 atom stereocenters. The first-order valence-electron chi connectivity index (χ1n) is 11.5. The van der Waals surface area contributed by atoms with Crippen LogP contribution in [0.3, 0.4) is 0 Å². The Hall–Kier alpha value is -2.61. The third kappa shape index (κ3) is 4.33. The molecule has 1 aliphatic heterocycles. The van der Waals surface area contributed by atoms with Crippen molar-refractivity contribution in [3.8, 4) is 11.4 Å². The maximum absolute atomic E-state index is 12.4. The fourth-order valence-electron chi connectivity index (χ4n) is 4.94. The number of benzene rings is 1. The highest BCUT2D eigenvalue weighted by Gasteiger charge is 2.55. The smallest absolute Gasteiger partial charge is 0.258 e. The molecule has 0 bridgehead atoms. The quantitative estimate of drug-likeness (QED) is 0.566. The first-order valence-corrected chi connectivity index (χ1v) is 11.5. The van der Waals surface area contributed by atoms with E-state index in [4.69, 9.17) is 4.52 Å². The van der Waals surface area contributed by atoms with Crippen molar-refractivity contribution in [1.82, 2.24) is 20.0 Å². The Morgan fingerprint density at radius 3 is 2.30 bits per heavy atom. The molecule has 2 N–H and O–H groups in total. The minimum Gasteiger partial charge on any atom is -0.381 e. The predicted molar refractivity (Wildman–Crippen MR) is 126 cm³/mol. The summed E-state index contributed by atoms with van der Waals surface area (Å²) in [5, 5.41) is 26.6. The van der Waals surface area contributed by atoms with Crippen molar-refractivity contribution in [2.75, 3.05) is 20.1 Å². The Balaban J connectivity index is 1.77. The zero-order valence-corrected chi connectivity index (χ0v) is 20.3. The predicted octanol–water partition coefficient (Wildman–Crippen LogP) is 3.75. The summed E-state index contributed by atoms with van der Waals surface area (Å²) in [5.74, 6) is 1.02. The van der Waals surface area contributed by atoms with Crippen molar-refractivity contribution in [2.45, 2.75) is 52.2 Å². The first-order chi connectivity index (χ1) is 15.4. The lowest BCUT2D eigenvalue weighted by atomic mass is 9.62. The molecule has 0 radical (unpaired) electrons. The van der Waals surface area contributed by atoms with Gasteiger partial charge >= 0.3 is 0 Å². The van der Waals surface area contributed by atoms with E-state index in [0.29, 0.717) is 22.9 Å². The van der Waals surface area contributed by atoms with E-state index in [1.54, 1.807) is 26.2 Å². The van der Waals surface area contributed by atoms with Crippen LogP contribution in [0.4, 0.5) is 0 Å². The van der Waals surface area contributed by atoms with Gasteiger partial charge in [-0.15, -0.1) is 0 Å². The first kappa shape index (κ1) is 23.5. The summed E-state index contributed by atoms with van der Waals surface area (Å²) in [7, 11) is 2.06. The van der Waals surface area contributed by atoms with E-state index in [-0.39, 0.29) is 5.89 Å². The van der Waals surface area contributed by atoms with E-state index >= 15 is 0 Å². The molecule has 3 heterocycles. The van der Waals surface area contributed by atoms with Crippen LogP contribution in [-0.4, -0.2) is 50.4 Å². The van der Waals surface area contributed by atoms with Crippen LogP contribution in [0, 0.1) is 11.3 Å². The van der Waals surface area contributed by atoms with Crippen LogP contribution in [0.1, 0.15) is 57.2 Å². The van der Waals surface area contributed by atoms with Crippen LogP contribution in [0.25, 0.3) is 11.4 Å². The van der Waals surface area contributed by atoms with E-state index < -0.39 is 16.6 Å². The summed E-state index contributed by atoms with van der Waals surface area (Å²) in [6.45, 7) is 11.2. The second kappa shape index (κ2) is 8.31. The lowest BCUT2D eigenvalue weighted by Crippen LogP contribution is -2.63. The van der Waals surface area contributed by atoms with Crippen LogP contribution >= 0.6 is 0 Å². The number of likely N-dealkylation sites (tertiary alicyclic amines) is 1. The Bertz CT molecular complexity index is 1110. The van der Waals surface area contributed by atoms with Gasteiger partial charge in [-0.05, 0) is 50.4 Å². The summed E-state index contributed by atoms with van der Waals surface area (Å²) in [6, 6.07) is 10.2. The fourth-order valence-corrected chi connectivity index (χ4v) is 4.94. The highest BCUT2D eigenvalue weighted by molar-refractivity contribution is 5.56. The number of hydrogen-bond donors (Lipinski definition) is 2. The summed E-state index contributed by atoms with van der Waals surface area (Å²) in [5.41, 5.74) is 0.525. The van der Waals surface area contributed by atoms with Crippen molar-refractivity contribution < 1.29 is 14.7 Å². The molecule has 1 saturated heterocycles. The molecule has 0 saturated carbocycles. The minimum absolute atomic E-state index is 0.131. The molecule has 0 aliphatic carbocycles. The monoisotopic (exact) mass is 450 g/mol. The average molecular weight is 451 g/mol. The van der Waals surface area contributed by atoms with E-state index in [9.17, 15) is 10.2 Å². The number of aromatic nitrogens is 3. The van der Waals surface area contributed by atoms with Gasteiger partial charge in [-0.2, -0.15) is 4.98 Å². The Labute approximate surface area is 195 Å². The van der Waals surface area contributed by atoms with Gasteiger partial charge < -0.3 is 19.6 Å². The molecule has 1 aliphatic rings. The van der Waals surface area contributed by atoms with Crippen molar-refractivity contribution >= 4 is 0 Å². The number of nitrogens with zero attached hydrogens (tertiary/aromatic N) is 4. The fraction of sp³-hybridized carbons (Fsp3) is 0.500. The maximum Gasteiger partial charge on any atom is 0.258 e. The zero-order valence-electron chi connectivity index (χ0n) is 20.3. The second-order valence-electron chi connectivity index (χ2n) is 10.7. The highest BCUT2D eigenvalue weighted by Crippen LogP contribution is 2.50. The van der Waals surface area contributed by atoms with Crippen LogP contribution in [0.2, 0.25) is 0 Å². The maximum atomic E-state index is 12.4. The number of rotatable bonds is 7. The normalized spacial score (nSPS) is 18.2. The standard InChI is InChI=1S/C26H34N4O3/c1-17(2)11-18-7-9-20(10-8-18)26(32,25(5)15-30(6)16-25)21-12-19(13-27-14-21)22-28-23(33-29-22)24(3,4)31/h7-10,12-14,17,31-32H,11,15-16H2,1-6H3/t26-/m0/s1. The van der Waals surface area contributed by atoms with Gasteiger partial charge in [0.2, 0.25) is 5.82 Å². The van der Waals surface area contributed by atoms with Gasteiger partial charge in [0.25, 0.3) is 5.89 Å². The number of pyridine rings is 1. The highest BCUT2D eigenvalue weighted by atomic mass is 16.5. The lowest BCUT2D eigenvalue weighted by molar-refractivity contribution is -0.127. The topological polar surface area (TPSA) is 95.5 Å². The summed E-state index contributed by atoms with van der Waals surface area (Å²) < 4.78 is 5.24. The molecule has 176 valence electrons. The molecule has 0 unspecified atom stereocenters.